The van der Waals surface area contributed by atoms with Crippen LogP contribution in [0.5, 0.6) is 0 Å². The van der Waals surface area contributed by atoms with Gasteiger partial charge in [-0.05, 0) is 6.07 Å². The minimum Gasteiger partial charge on any atom is -0.478 e. The molecule has 0 aliphatic rings. The van der Waals surface area contributed by atoms with E-state index >= 15 is 0 Å². The highest BCUT2D eigenvalue weighted by molar-refractivity contribution is 6.06. The van der Waals surface area contributed by atoms with Crippen LogP contribution >= 0.6 is 0 Å². The van der Waals surface area contributed by atoms with Gasteiger partial charge < -0.3 is 25.1 Å². The van der Waals surface area contributed by atoms with Gasteiger partial charge in [0.05, 0.1) is 24.1 Å². The molecule has 140 valence electrons. The van der Waals surface area contributed by atoms with Crippen LogP contribution < -0.4 is 5.32 Å². The minimum absolute atomic E-state index is 0.0835. The zero-order chi connectivity index (χ0) is 19.8. The number of aliphatic carboxylic acids is 2. The van der Waals surface area contributed by atoms with Crippen LogP contribution in [0.4, 0.5) is 0 Å². The van der Waals surface area contributed by atoms with Crippen molar-refractivity contribution in [3.63, 3.8) is 0 Å². The lowest BCUT2D eigenvalue weighted by Crippen LogP contribution is -2.22. The van der Waals surface area contributed by atoms with E-state index in [9.17, 15) is 14.4 Å². The number of amides is 1. The van der Waals surface area contributed by atoms with E-state index in [1.165, 1.54) is 0 Å². The molecule has 0 atom stereocenters. The Kier molecular flexibility index (Phi) is 6.48. The van der Waals surface area contributed by atoms with Gasteiger partial charge in [0.1, 0.15) is 0 Å². The van der Waals surface area contributed by atoms with Gasteiger partial charge in [0.15, 0.2) is 0 Å². The molecule has 0 bridgehead atoms. The average molecular weight is 370 g/mol. The van der Waals surface area contributed by atoms with Crippen molar-refractivity contribution in [3.05, 3.63) is 66.4 Å². The van der Waals surface area contributed by atoms with Crippen molar-refractivity contribution in [1.29, 1.82) is 0 Å². The van der Waals surface area contributed by atoms with Crippen molar-refractivity contribution in [1.82, 2.24) is 19.9 Å². The fraction of sp³-hybridized carbons (Fsp3) is 0.111. The Balaban J connectivity index is 0.000000279. The molecule has 0 fully saturated rings. The maximum Gasteiger partial charge on any atom is 0.328 e. The van der Waals surface area contributed by atoms with Crippen LogP contribution in [0.25, 0.3) is 10.9 Å². The lowest BCUT2D eigenvalue weighted by Gasteiger charge is -2.01. The molecule has 0 saturated heterocycles. The van der Waals surface area contributed by atoms with E-state index in [1.54, 1.807) is 12.5 Å². The summed E-state index contributed by atoms with van der Waals surface area (Å²) < 4.78 is 1.96. The van der Waals surface area contributed by atoms with E-state index in [1.807, 2.05) is 42.1 Å². The Morgan fingerprint density at radius 1 is 1.19 bits per heavy atom. The molecule has 9 heteroatoms. The van der Waals surface area contributed by atoms with Crippen molar-refractivity contribution in [2.45, 2.75) is 6.54 Å². The molecule has 0 spiro atoms. The topological polar surface area (TPSA) is 137 Å². The number of H-pyrrole nitrogens is 1. The Morgan fingerprint density at radius 3 is 2.44 bits per heavy atom. The maximum atomic E-state index is 12.2. The molecule has 3 aromatic rings. The third kappa shape index (κ3) is 5.56. The molecule has 2 heterocycles. The van der Waals surface area contributed by atoms with Gasteiger partial charge in [-0.25, -0.2) is 14.6 Å². The van der Waals surface area contributed by atoms with Gasteiger partial charge in [-0.3, -0.25) is 4.79 Å². The molecule has 4 N–H and O–H groups in total. The molecule has 1 aromatic carbocycles. The van der Waals surface area contributed by atoms with Gasteiger partial charge in [0, 0.05) is 42.5 Å². The summed E-state index contributed by atoms with van der Waals surface area (Å²) in [6.07, 6.45) is 6.33. The van der Waals surface area contributed by atoms with Crippen LogP contribution in [-0.4, -0.2) is 42.6 Å². The first-order valence-corrected chi connectivity index (χ1v) is 7.82. The highest BCUT2D eigenvalue weighted by Gasteiger charge is 2.13. The van der Waals surface area contributed by atoms with Crippen molar-refractivity contribution < 1.29 is 24.6 Å². The first-order valence-electron chi connectivity index (χ1n) is 7.82. The fourth-order valence-corrected chi connectivity index (χ4v) is 2.32. The number of aromatic nitrogens is 3. The summed E-state index contributed by atoms with van der Waals surface area (Å²) in [5, 5.41) is 19.5. The molecule has 27 heavy (non-hydrogen) atoms. The quantitative estimate of drug-likeness (QED) is 0.503. The lowest BCUT2D eigenvalue weighted by atomic mass is 10.1. The van der Waals surface area contributed by atoms with Crippen LogP contribution in [0, 0.1) is 0 Å². The zero-order valence-corrected chi connectivity index (χ0v) is 14.4. The van der Waals surface area contributed by atoms with Crippen LogP contribution in [0.3, 0.4) is 0 Å². The third-order valence-electron chi connectivity index (χ3n) is 3.49. The second kappa shape index (κ2) is 8.99. The van der Waals surface area contributed by atoms with E-state index in [-0.39, 0.29) is 5.91 Å². The van der Waals surface area contributed by atoms with Crippen LogP contribution in [-0.2, 0) is 23.2 Å². The first-order chi connectivity index (χ1) is 12.9. The number of hydrogen-bond donors (Lipinski definition) is 4. The summed E-state index contributed by atoms with van der Waals surface area (Å²) in [5.74, 6) is -2.60. The summed E-state index contributed by atoms with van der Waals surface area (Å²) >= 11 is 0. The van der Waals surface area contributed by atoms with Gasteiger partial charge in [-0.1, -0.05) is 18.2 Å². The van der Waals surface area contributed by atoms with Crippen LogP contribution in [0.2, 0.25) is 0 Å². The van der Waals surface area contributed by atoms with E-state index < -0.39 is 11.9 Å². The Morgan fingerprint density at radius 2 is 1.85 bits per heavy atom. The Bertz CT molecular complexity index is 957. The number of benzene rings is 1. The minimum atomic E-state index is -1.26. The highest BCUT2D eigenvalue weighted by atomic mass is 16.4. The zero-order valence-electron chi connectivity index (χ0n) is 14.4. The van der Waals surface area contributed by atoms with Crippen LogP contribution in [0.1, 0.15) is 16.1 Å². The summed E-state index contributed by atoms with van der Waals surface area (Å²) in [6, 6.07) is 7.86. The number of fused-ring (bicyclic) bond motifs is 1. The number of rotatable bonds is 5. The smallest absolute Gasteiger partial charge is 0.328 e. The molecule has 9 nitrogen and oxygen atoms in total. The summed E-state index contributed by atoms with van der Waals surface area (Å²) in [4.78, 5) is 38.2. The molecule has 0 aliphatic carbocycles. The number of hydrogen-bond acceptors (Lipinski definition) is 4. The highest BCUT2D eigenvalue weighted by Crippen LogP contribution is 2.20. The summed E-state index contributed by atoms with van der Waals surface area (Å²) in [6.45, 7) is 0.422. The number of aromatic amines is 1. The number of imidazole rings is 1. The van der Waals surface area contributed by atoms with Crippen molar-refractivity contribution in [2.75, 3.05) is 0 Å². The molecule has 1 amide bonds. The summed E-state index contributed by atoms with van der Waals surface area (Å²) in [5.41, 5.74) is 2.55. The van der Waals surface area contributed by atoms with Gasteiger partial charge in [-0.2, -0.15) is 0 Å². The number of carbonyl (C=O) groups excluding carboxylic acids is 1. The van der Waals surface area contributed by atoms with Gasteiger partial charge in [-0.15, -0.1) is 0 Å². The normalized spacial score (nSPS) is 10.4. The van der Waals surface area contributed by atoms with E-state index in [0.29, 0.717) is 24.3 Å². The molecule has 0 saturated carbocycles. The first kappa shape index (κ1) is 19.4. The number of carboxylic acids is 2. The molecular formula is C18H18N4O5. The number of carboxylic acid groups (broad SMARTS) is 2. The van der Waals surface area contributed by atoms with E-state index in [4.69, 9.17) is 10.2 Å². The van der Waals surface area contributed by atoms with Crippen molar-refractivity contribution >= 4 is 28.7 Å². The second-order valence-corrected chi connectivity index (χ2v) is 5.42. The van der Waals surface area contributed by atoms with Gasteiger partial charge in [0.25, 0.3) is 5.91 Å². The largest absolute Gasteiger partial charge is 0.478 e. The van der Waals surface area contributed by atoms with E-state index in [0.717, 1.165) is 16.6 Å². The standard InChI is InChI=1S/C14H14N4O.C4H4O4/c1-18-8-12(11-4-2-3-5-13(11)18)14(19)16-7-10-6-15-9-17-10;5-3(6)1-2-4(7)8/h2-6,8-9H,7H2,1H3,(H,15,17)(H,16,19);1-2H,(H,5,6)(H,7,8). The summed E-state index contributed by atoms with van der Waals surface area (Å²) in [7, 11) is 1.94. The number of aryl methyl sites for hydroxylation is 1. The second-order valence-electron chi connectivity index (χ2n) is 5.42. The molecule has 3 rings (SSSR count). The Labute approximate surface area is 154 Å². The Hall–Kier alpha value is -3.88. The molecular weight excluding hydrogens is 352 g/mol. The predicted octanol–water partition coefficient (Wildman–Crippen LogP) is 1.54. The maximum absolute atomic E-state index is 12.2. The fourth-order valence-electron chi connectivity index (χ4n) is 2.32. The molecule has 2 aromatic heterocycles. The lowest BCUT2D eigenvalue weighted by molar-refractivity contribution is -0.134. The molecule has 0 radical (unpaired) electrons. The average Bonchev–Trinajstić information content (AvgIpc) is 3.27. The van der Waals surface area contributed by atoms with Crippen molar-refractivity contribution in [2.24, 2.45) is 7.05 Å². The number of nitrogens with zero attached hydrogens (tertiary/aromatic N) is 2. The number of nitrogens with one attached hydrogen (secondary N) is 2. The number of carbonyl (C=O) groups is 3. The molecule has 0 aliphatic heterocycles. The van der Waals surface area contributed by atoms with Gasteiger partial charge in [0.2, 0.25) is 0 Å². The van der Waals surface area contributed by atoms with E-state index in [2.05, 4.69) is 15.3 Å². The van der Waals surface area contributed by atoms with Crippen molar-refractivity contribution in [3.8, 4) is 0 Å². The number of para-hydroxylation sites is 1. The van der Waals surface area contributed by atoms with Gasteiger partial charge >= 0.3 is 11.9 Å². The third-order valence-corrected chi connectivity index (χ3v) is 3.49. The SMILES string of the molecule is Cn1cc(C(=O)NCc2c[nH]cn2)c2ccccc21.O=C(O)C=CC(=O)O. The predicted molar refractivity (Wildman–Crippen MR) is 97.1 cm³/mol. The monoisotopic (exact) mass is 370 g/mol. The molecule has 0 unspecified atom stereocenters. The van der Waals surface area contributed by atoms with Crippen LogP contribution in [0.15, 0.2) is 55.1 Å².